The van der Waals surface area contributed by atoms with Gasteiger partial charge in [-0.25, -0.2) is 19.7 Å². The van der Waals surface area contributed by atoms with Crippen LogP contribution in [-0.2, 0) is 6.54 Å². The van der Waals surface area contributed by atoms with Gasteiger partial charge in [-0.1, -0.05) is 62.1 Å². The van der Waals surface area contributed by atoms with Crippen LogP contribution in [0.2, 0.25) is 0 Å². The fourth-order valence-corrected chi connectivity index (χ4v) is 5.38. The van der Waals surface area contributed by atoms with Crippen LogP contribution in [0.15, 0.2) is 30.3 Å². The predicted molar refractivity (Wildman–Crippen MR) is 146 cm³/mol. The summed E-state index contributed by atoms with van der Waals surface area (Å²) in [6.45, 7) is 2.99. The third-order valence-corrected chi connectivity index (χ3v) is 7.70. The molecule has 0 unspecified atom stereocenters. The van der Waals surface area contributed by atoms with Gasteiger partial charge in [0, 0.05) is 12.6 Å². The molecule has 1 amide bonds. The van der Waals surface area contributed by atoms with Crippen molar-refractivity contribution in [3.05, 3.63) is 47.5 Å². The number of amides is 1. The van der Waals surface area contributed by atoms with Crippen molar-refractivity contribution in [3.63, 3.8) is 0 Å². The molecular weight excluding hydrogens is 466 g/mol. The number of imidazole rings is 1. The predicted octanol–water partition coefficient (Wildman–Crippen LogP) is 5.77. The summed E-state index contributed by atoms with van der Waals surface area (Å²) in [6, 6.07) is 10.3. The van der Waals surface area contributed by atoms with E-state index in [1.807, 2.05) is 30.4 Å². The second-order valence-electron chi connectivity index (χ2n) is 10.3. The van der Waals surface area contributed by atoms with Gasteiger partial charge >= 0.3 is 6.09 Å². The van der Waals surface area contributed by atoms with Crippen molar-refractivity contribution >= 4 is 41.1 Å². The molecular formula is C28H35N7O2. The van der Waals surface area contributed by atoms with E-state index in [0.29, 0.717) is 23.3 Å². The van der Waals surface area contributed by atoms with E-state index in [1.165, 1.54) is 51.4 Å². The molecule has 2 fully saturated rings. The first-order chi connectivity index (χ1) is 18.0. The van der Waals surface area contributed by atoms with Crippen LogP contribution in [0.3, 0.4) is 0 Å². The summed E-state index contributed by atoms with van der Waals surface area (Å²) in [7, 11) is 0. The highest BCUT2D eigenvalue weighted by Gasteiger charge is 2.27. The molecule has 194 valence electrons. The number of anilines is 1. The van der Waals surface area contributed by atoms with Crippen LogP contribution in [-0.4, -0.2) is 42.6 Å². The van der Waals surface area contributed by atoms with Gasteiger partial charge in [0.1, 0.15) is 11.3 Å². The molecule has 4 N–H and O–H groups in total. The Morgan fingerprint density at radius 1 is 1.08 bits per heavy atom. The van der Waals surface area contributed by atoms with Crippen LogP contribution < -0.4 is 10.6 Å². The normalized spacial score (nSPS) is 17.5. The molecule has 2 saturated carbocycles. The summed E-state index contributed by atoms with van der Waals surface area (Å²) < 4.78 is 2.22. The number of hydrogen-bond acceptors (Lipinski definition) is 6. The lowest BCUT2D eigenvalue weighted by Crippen LogP contribution is -2.33. The van der Waals surface area contributed by atoms with Crippen molar-refractivity contribution in [2.24, 2.45) is 11.8 Å². The summed E-state index contributed by atoms with van der Waals surface area (Å²) in [5, 5.41) is 23.0. The SMILES string of the molecule is C[C@@H](Nc1nc(C(=N)NC(=O)O)nc2nc(/C=C/c3ccccc3)n(CC3CCCCC3)c12)C1CCC1. The molecule has 0 spiro atoms. The molecule has 0 radical (unpaired) electrons. The van der Waals surface area contributed by atoms with Crippen molar-refractivity contribution in [2.75, 3.05) is 5.32 Å². The maximum atomic E-state index is 11.2. The third-order valence-electron chi connectivity index (χ3n) is 7.70. The van der Waals surface area contributed by atoms with Crippen LogP contribution in [0.4, 0.5) is 10.6 Å². The molecule has 3 aromatic rings. The van der Waals surface area contributed by atoms with E-state index >= 15 is 0 Å². The number of nitrogens with zero attached hydrogens (tertiary/aromatic N) is 4. The second kappa shape index (κ2) is 11.1. The molecule has 37 heavy (non-hydrogen) atoms. The zero-order valence-electron chi connectivity index (χ0n) is 21.3. The van der Waals surface area contributed by atoms with E-state index < -0.39 is 6.09 Å². The van der Waals surface area contributed by atoms with Crippen molar-refractivity contribution in [3.8, 4) is 0 Å². The van der Waals surface area contributed by atoms with Crippen molar-refractivity contribution in [2.45, 2.75) is 70.9 Å². The first-order valence-electron chi connectivity index (χ1n) is 13.3. The van der Waals surface area contributed by atoms with E-state index in [1.54, 1.807) is 0 Å². The number of carboxylic acid groups (broad SMARTS) is 1. The lowest BCUT2D eigenvalue weighted by molar-refractivity contribution is 0.200. The topological polar surface area (TPSA) is 129 Å². The highest BCUT2D eigenvalue weighted by molar-refractivity contribution is 6.03. The van der Waals surface area contributed by atoms with Gasteiger partial charge in [0.25, 0.3) is 0 Å². The Balaban J connectivity index is 1.61. The first-order valence-corrected chi connectivity index (χ1v) is 13.3. The van der Waals surface area contributed by atoms with Gasteiger partial charge in [-0.05, 0) is 56.1 Å². The fraction of sp³-hybridized carbons (Fsp3) is 0.464. The lowest BCUT2D eigenvalue weighted by Gasteiger charge is -2.32. The zero-order chi connectivity index (χ0) is 25.8. The Morgan fingerprint density at radius 3 is 2.51 bits per heavy atom. The van der Waals surface area contributed by atoms with E-state index in [0.717, 1.165) is 23.4 Å². The van der Waals surface area contributed by atoms with Crippen molar-refractivity contribution in [1.82, 2.24) is 24.8 Å². The standard InChI is InChI=1S/C28H35N7O2/c1-18(21-13-8-14-21)30-25-23-26(34-27(33-25)24(29)32-28(36)37)31-22(16-15-19-9-4-2-5-10-19)35(23)17-20-11-6-3-7-12-20/h2,4-5,9-10,15-16,18,20-21H,3,6-8,11-14,17H2,1H3,(H2,29,32)(H,36,37)(H,30,33,34)/b16-15+/t18-/m1/s1. The summed E-state index contributed by atoms with van der Waals surface area (Å²) in [6.07, 6.45) is 12.5. The molecule has 9 nitrogen and oxygen atoms in total. The minimum atomic E-state index is -1.32. The number of benzene rings is 1. The maximum Gasteiger partial charge on any atom is 0.410 e. The summed E-state index contributed by atoms with van der Waals surface area (Å²) in [4.78, 5) is 25.3. The number of amidine groups is 1. The van der Waals surface area contributed by atoms with Gasteiger partial charge in [-0.2, -0.15) is 0 Å². The monoisotopic (exact) mass is 501 g/mol. The van der Waals surface area contributed by atoms with Gasteiger partial charge in [0.15, 0.2) is 23.1 Å². The number of rotatable bonds is 8. The van der Waals surface area contributed by atoms with E-state index in [4.69, 9.17) is 15.5 Å². The molecule has 2 aromatic heterocycles. The molecule has 0 saturated heterocycles. The largest absolute Gasteiger partial charge is 0.465 e. The van der Waals surface area contributed by atoms with Gasteiger partial charge < -0.3 is 15.0 Å². The van der Waals surface area contributed by atoms with Crippen LogP contribution in [0.25, 0.3) is 23.3 Å². The van der Waals surface area contributed by atoms with Gasteiger partial charge in [0.05, 0.1) is 0 Å². The Morgan fingerprint density at radius 2 is 1.84 bits per heavy atom. The van der Waals surface area contributed by atoms with E-state index in [2.05, 4.69) is 44.2 Å². The van der Waals surface area contributed by atoms with Crippen LogP contribution in [0.5, 0.6) is 0 Å². The molecule has 1 atom stereocenters. The average Bonchev–Trinajstić information content (AvgIpc) is 3.20. The van der Waals surface area contributed by atoms with Gasteiger partial charge in [-0.15, -0.1) is 0 Å². The van der Waals surface area contributed by atoms with E-state index in [9.17, 15) is 4.79 Å². The lowest BCUT2D eigenvalue weighted by atomic mass is 9.80. The Bertz CT molecular complexity index is 1290. The van der Waals surface area contributed by atoms with Crippen molar-refractivity contribution < 1.29 is 9.90 Å². The highest BCUT2D eigenvalue weighted by atomic mass is 16.4. The molecule has 2 aliphatic rings. The number of fused-ring (bicyclic) bond motifs is 1. The Kier molecular flexibility index (Phi) is 7.48. The minimum Gasteiger partial charge on any atom is -0.465 e. The smallest absolute Gasteiger partial charge is 0.410 e. The van der Waals surface area contributed by atoms with Crippen LogP contribution in [0, 0.1) is 17.2 Å². The third kappa shape index (κ3) is 5.81. The van der Waals surface area contributed by atoms with Gasteiger partial charge in [-0.3, -0.25) is 10.7 Å². The Hall–Kier alpha value is -3.75. The average molecular weight is 502 g/mol. The second-order valence-corrected chi connectivity index (χ2v) is 10.3. The highest BCUT2D eigenvalue weighted by Crippen LogP contribution is 2.33. The number of aromatic nitrogens is 4. The maximum absolute atomic E-state index is 11.2. The van der Waals surface area contributed by atoms with Crippen molar-refractivity contribution in [1.29, 1.82) is 5.41 Å². The molecule has 0 aliphatic heterocycles. The number of hydrogen-bond donors (Lipinski definition) is 4. The summed E-state index contributed by atoms with van der Waals surface area (Å²) in [5.41, 5.74) is 2.36. The molecule has 2 aliphatic carbocycles. The molecule has 0 bridgehead atoms. The quantitative estimate of drug-likeness (QED) is 0.229. The molecule has 9 heteroatoms. The minimum absolute atomic E-state index is 0.0131. The summed E-state index contributed by atoms with van der Waals surface area (Å²) in [5.74, 6) is 2.17. The molecule has 1 aromatic carbocycles. The summed E-state index contributed by atoms with van der Waals surface area (Å²) >= 11 is 0. The number of nitrogens with one attached hydrogen (secondary N) is 3. The van der Waals surface area contributed by atoms with Gasteiger partial charge in [0.2, 0.25) is 0 Å². The Labute approximate surface area is 216 Å². The fourth-order valence-electron chi connectivity index (χ4n) is 5.38. The number of carbonyl (C=O) groups is 1. The van der Waals surface area contributed by atoms with E-state index in [-0.39, 0.29) is 17.7 Å². The molecule has 5 rings (SSSR count). The van der Waals surface area contributed by atoms with Crippen LogP contribution in [0.1, 0.15) is 75.5 Å². The van der Waals surface area contributed by atoms with Crippen LogP contribution >= 0.6 is 0 Å². The molecule has 2 heterocycles. The zero-order valence-corrected chi connectivity index (χ0v) is 21.3. The first kappa shape index (κ1) is 24.9.